The lowest BCUT2D eigenvalue weighted by Crippen LogP contribution is -2.12. The van der Waals surface area contributed by atoms with Gasteiger partial charge in [0.05, 0.1) is 5.92 Å². The number of carbonyl (C=O) groups is 1. The summed E-state index contributed by atoms with van der Waals surface area (Å²) in [7, 11) is 0. The third-order valence-electron chi connectivity index (χ3n) is 1.97. The first-order chi connectivity index (χ1) is 6.65. The predicted octanol–water partition coefficient (Wildman–Crippen LogP) is 2.62. The summed E-state index contributed by atoms with van der Waals surface area (Å²) in [6.45, 7) is 0. The van der Waals surface area contributed by atoms with Gasteiger partial charge in [-0.05, 0) is 24.1 Å². The highest BCUT2D eigenvalue weighted by atomic mass is 35.5. The molecule has 0 spiro atoms. The molecule has 1 aromatic carbocycles. The quantitative estimate of drug-likeness (QED) is 0.786. The molecule has 0 aliphatic rings. The second kappa shape index (κ2) is 4.96. The van der Waals surface area contributed by atoms with E-state index in [4.69, 9.17) is 16.7 Å². The number of carboxylic acid groups (broad SMARTS) is 1. The lowest BCUT2D eigenvalue weighted by Gasteiger charge is -2.10. The molecule has 0 aromatic heterocycles. The van der Waals surface area contributed by atoms with Gasteiger partial charge in [0.2, 0.25) is 0 Å². The summed E-state index contributed by atoms with van der Waals surface area (Å²) in [5.74, 6) is -1.68. The Kier molecular flexibility index (Phi) is 3.89. The number of rotatable bonds is 4. The first kappa shape index (κ1) is 11.0. The highest BCUT2D eigenvalue weighted by Gasteiger charge is 2.18. The molecule has 1 aromatic rings. The van der Waals surface area contributed by atoms with E-state index in [0.717, 1.165) is 0 Å². The molecule has 0 amide bonds. The van der Waals surface area contributed by atoms with Crippen molar-refractivity contribution in [2.45, 2.75) is 12.3 Å². The molecule has 76 valence electrons. The van der Waals surface area contributed by atoms with Gasteiger partial charge in [-0.25, -0.2) is 4.39 Å². The van der Waals surface area contributed by atoms with Gasteiger partial charge in [0.25, 0.3) is 0 Å². The van der Waals surface area contributed by atoms with Gasteiger partial charge in [-0.15, -0.1) is 11.6 Å². The van der Waals surface area contributed by atoms with Crippen molar-refractivity contribution in [2.24, 2.45) is 0 Å². The van der Waals surface area contributed by atoms with Crippen molar-refractivity contribution < 1.29 is 14.3 Å². The molecular formula is C10H10ClFO2. The highest BCUT2D eigenvalue weighted by Crippen LogP contribution is 2.20. The third-order valence-corrected chi connectivity index (χ3v) is 2.19. The Balaban J connectivity index is 2.87. The van der Waals surface area contributed by atoms with Gasteiger partial charge in [0.15, 0.2) is 0 Å². The van der Waals surface area contributed by atoms with Crippen LogP contribution in [0, 0.1) is 5.82 Å². The average Bonchev–Trinajstić information content (AvgIpc) is 2.15. The molecule has 0 bridgehead atoms. The van der Waals surface area contributed by atoms with Crippen LogP contribution in [0.1, 0.15) is 17.9 Å². The summed E-state index contributed by atoms with van der Waals surface area (Å²) in [5.41, 5.74) is 0.583. The zero-order valence-corrected chi connectivity index (χ0v) is 8.17. The minimum atomic E-state index is -0.933. The van der Waals surface area contributed by atoms with Crippen molar-refractivity contribution in [1.82, 2.24) is 0 Å². The van der Waals surface area contributed by atoms with Crippen LogP contribution in [-0.4, -0.2) is 17.0 Å². The molecule has 1 rings (SSSR count). The van der Waals surface area contributed by atoms with E-state index in [0.29, 0.717) is 12.0 Å². The SMILES string of the molecule is O=C(O)C(CCCl)c1ccc(F)cc1. The molecule has 0 heterocycles. The van der Waals surface area contributed by atoms with E-state index in [-0.39, 0.29) is 11.7 Å². The van der Waals surface area contributed by atoms with E-state index in [1.807, 2.05) is 0 Å². The van der Waals surface area contributed by atoms with Crippen LogP contribution < -0.4 is 0 Å². The van der Waals surface area contributed by atoms with Crippen molar-refractivity contribution in [2.75, 3.05) is 5.88 Å². The Hall–Kier alpha value is -1.09. The molecule has 14 heavy (non-hydrogen) atoms. The van der Waals surface area contributed by atoms with Gasteiger partial charge in [0.1, 0.15) is 5.82 Å². The lowest BCUT2D eigenvalue weighted by atomic mass is 9.97. The zero-order valence-electron chi connectivity index (χ0n) is 7.41. The standard InChI is InChI=1S/C10H10ClFO2/c11-6-5-9(10(13)14)7-1-3-8(12)4-2-7/h1-4,9H,5-6H2,(H,13,14). The second-order valence-corrected chi connectivity index (χ2v) is 3.30. The van der Waals surface area contributed by atoms with Gasteiger partial charge in [0, 0.05) is 5.88 Å². The van der Waals surface area contributed by atoms with Crippen LogP contribution in [0.4, 0.5) is 4.39 Å². The fourth-order valence-corrected chi connectivity index (χ4v) is 1.46. The van der Waals surface area contributed by atoms with Crippen molar-refractivity contribution in [3.8, 4) is 0 Å². The van der Waals surface area contributed by atoms with Crippen LogP contribution >= 0.6 is 11.6 Å². The molecule has 0 saturated carbocycles. The third kappa shape index (κ3) is 2.70. The summed E-state index contributed by atoms with van der Waals surface area (Å²) in [6.07, 6.45) is 0.350. The van der Waals surface area contributed by atoms with Crippen LogP contribution in [0.5, 0.6) is 0 Å². The van der Waals surface area contributed by atoms with E-state index in [1.54, 1.807) is 0 Å². The van der Waals surface area contributed by atoms with Crippen LogP contribution in [0.3, 0.4) is 0 Å². The Bertz CT molecular complexity index is 310. The van der Waals surface area contributed by atoms with Gasteiger partial charge in [-0.3, -0.25) is 4.79 Å². The first-order valence-electron chi connectivity index (χ1n) is 4.19. The summed E-state index contributed by atoms with van der Waals surface area (Å²) in [4.78, 5) is 10.8. The number of benzene rings is 1. The molecule has 0 aliphatic carbocycles. The van der Waals surface area contributed by atoms with Crippen LogP contribution in [0.2, 0.25) is 0 Å². The largest absolute Gasteiger partial charge is 0.481 e. The molecule has 2 nitrogen and oxygen atoms in total. The van der Waals surface area contributed by atoms with Crippen molar-refractivity contribution in [3.05, 3.63) is 35.6 Å². The Morgan fingerprint density at radius 2 is 2.00 bits per heavy atom. The summed E-state index contributed by atoms with van der Waals surface area (Å²) in [6, 6.07) is 5.44. The fraction of sp³-hybridized carbons (Fsp3) is 0.300. The average molecular weight is 217 g/mol. The molecule has 1 atom stereocenters. The summed E-state index contributed by atoms with van der Waals surface area (Å²) >= 11 is 5.48. The lowest BCUT2D eigenvalue weighted by molar-refractivity contribution is -0.138. The topological polar surface area (TPSA) is 37.3 Å². The number of hydrogen-bond acceptors (Lipinski definition) is 1. The van der Waals surface area contributed by atoms with Crippen molar-refractivity contribution in [3.63, 3.8) is 0 Å². The Morgan fingerprint density at radius 3 is 2.43 bits per heavy atom. The fourth-order valence-electron chi connectivity index (χ4n) is 1.24. The predicted molar refractivity (Wildman–Crippen MR) is 52.1 cm³/mol. The van der Waals surface area contributed by atoms with E-state index < -0.39 is 11.9 Å². The van der Waals surface area contributed by atoms with Gasteiger partial charge >= 0.3 is 5.97 Å². The normalized spacial score (nSPS) is 12.4. The van der Waals surface area contributed by atoms with Gasteiger partial charge < -0.3 is 5.11 Å². The van der Waals surface area contributed by atoms with Gasteiger partial charge in [-0.1, -0.05) is 12.1 Å². The highest BCUT2D eigenvalue weighted by molar-refractivity contribution is 6.18. The molecular weight excluding hydrogens is 207 g/mol. The maximum Gasteiger partial charge on any atom is 0.311 e. The molecule has 1 unspecified atom stereocenters. The second-order valence-electron chi connectivity index (χ2n) is 2.92. The molecule has 0 radical (unpaired) electrons. The number of halogens is 2. The molecule has 4 heteroatoms. The molecule has 0 fully saturated rings. The molecule has 1 N–H and O–H groups in total. The Labute approximate surface area is 86.3 Å². The van der Waals surface area contributed by atoms with Crippen molar-refractivity contribution >= 4 is 17.6 Å². The smallest absolute Gasteiger partial charge is 0.311 e. The van der Waals surface area contributed by atoms with E-state index in [2.05, 4.69) is 0 Å². The number of alkyl halides is 1. The van der Waals surface area contributed by atoms with Crippen LogP contribution in [0.15, 0.2) is 24.3 Å². The number of hydrogen-bond donors (Lipinski definition) is 1. The summed E-state index contributed by atoms with van der Waals surface area (Å²) < 4.78 is 12.6. The van der Waals surface area contributed by atoms with Gasteiger partial charge in [-0.2, -0.15) is 0 Å². The first-order valence-corrected chi connectivity index (χ1v) is 4.73. The van der Waals surface area contributed by atoms with E-state index >= 15 is 0 Å². The molecule has 0 aliphatic heterocycles. The minimum Gasteiger partial charge on any atom is -0.481 e. The number of carboxylic acids is 1. The number of aliphatic carboxylic acids is 1. The van der Waals surface area contributed by atoms with Crippen molar-refractivity contribution in [1.29, 1.82) is 0 Å². The minimum absolute atomic E-state index is 0.272. The monoisotopic (exact) mass is 216 g/mol. The van der Waals surface area contributed by atoms with E-state index in [9.17, 15) is 9.18 Å². The summed E-state index contributed by atoms with van der Waals surface area (Å²) in [5, 5.41) is 8.87. The maximum atomic E-state index is 12.6. The van der Waals surface area contributed by atoms with E-state index in [1.165, 1.54) is 24.3 Å². The maximum absolute atomic E-state index is 12.6. The Morgan fingerprint density at radius 1 is 1.43 bits per heavy atom. The molecule has 0 saturated heterocycles. The zero-order chi connectivity index (χ0) is 10.6. The van der Waals surface area contributed by atoms with Crippen LogP contribution in [-0.2, 0) is 4.79 Å². The van der Waals surface area contributed by atoms with Crippen LogP contribution in [0.25, 0.3) is 0 Å².